The average molecular weight is 298 g/mol. The molecule has 1 aliphatic rings. The number of hydrogen-bond acceptors (Lipinski definition) is 3. The monoisotopic (exact) mass is 298 g/mol. The van der Waals surface area contributed by atoms with E-state index in [9.17, 15) is 13.2 Å². The number of hydrogen-bond donors (Lipinski definition) is 1. The highest BCUT2D eigenvalue weighted by Crippen LogP contribution is 2.31. The van der Waals surface area contributed by atoms with Gasteiger partial charge in [0.2, 0.25) is 0 Å². The van der Waals surface area contributed by atoms with Gasteiger partial charge in [-0.1, -0.05) is 13.3 Å². The second-order valence-electron chi connectivity index (χ2n) is 5.51. The topological polar surface area (TPSA) is 42.2 Å². The molecule has 0 amide bonds. The summed E-state index contributed by atoms with van der Waals surface area (Å²) in [6.45, 7) is 2.99. The number of nitrogens with zero attached hydrogens (tertiary/aromatic N) is 3. The minimum Gasteiger partial charge on any atom is -0.307 e. The van der Waals surface area contributed by atoms with Crippen molar-refractivity contribution in [2.75, 3.05) is 6.54 Å². The van der Waals surface area contributed by atoms with Crippen molar-refractivity contribution in [3.8, 4) is 0 Å². The zero-order chi connectivity index (χ0) is 15.0. The van der Waals surface area contributed by atoms with E-state index in [1.54, 1.807) is 0 Å². The Labute approximate surface area is 120 Å². The zero-order valence-electron chi connectivity index (χ0n) is 11.7. The van der Waals surface area contributed by atoms with Gasteiger partial charge in [-0.05, 0) is 37.4 Å². The van der Waals surface area contributed by atoms with Crippen LogP contribution in [0, 0.1) is 5.92 Å². The Morgan fingerprint density at radius 1 is 1.33 bits per heavy atom. The predicted octanol–water partition coefficient (Wildman–Crippen LogP) is 3.20. The smallest absolute Gasteiger partial charge is 0.307 e. The molecule has 21 heavy (non-hydrogen) atoms. The minimum absolute atomic E-state index is 0.0396. The summed E-state index contributed by atoms with van der Waals surface area (Å²) in [4.78, 5) is 0. The lowest BCUT2D eigenvalue weighted by molar-refractivity contribution is -0.137. The molecule has 1 saturated heterocycles. The van der Waals surface area contributed by atoms with E-state index >= 15 is 0 Å². The molecule has 0 radical (unpaired) electrons. The fraction of sp³-hybridized carbons (Fsp3) is 0.571. The van der Waals surface area contributed by atoms with Gasteiger partial charge in [0, 0.05) is 6.20 Å². The molecule has 1 N–H and O–H groups in total. The van der Waals surface area contributed by atoms with E-state index in [2.05, 4.69) is 22.4 Å². The number of piperidine rings is 1. The Bertz CT molecular complexity index is 635. The quantitative estimate of drug-likeness (QED) is 0.926. The maximum absolute atomic E-state index is 12.8. The number of pyridine rings is 1. The summed E-state index contributed by atoms with van der Waals surface area (Å²) in [6, 6.07) is 2.36. The van der Waals surface area contributed by atoms with Gasteiger partial charge in [0.25, 0.3) is 0 Å². The summed E-state index contributed by atoms with van der Waals surface area (Å²) in [5, 5.41) is 11.4. The van der Waals surface area contributed by atoms with Crippen LogP contribution in [0.5, 0.6) is 0 Å². The number of alkyl halides is 3. The molecule has 2 aromatic heterocycles. The summed E-state index contributed by atoms with van der Waals surface area (Å²) < 4.78 is 40.0. The lowest BCUT2D eigenvalue weighted by Gasteiger charge is -2.28. The van der Waals surface area contributed by atoms with Gasteiger partial charge in [-0.25, -0.2) is 0 Å². The number of nitrogens with one attached hydrogen (secondary N) is 1. The van der Waals surface area contributed by atoms with Crippen molar-refractivity contribution in [3.05, 3.63) is 29.7 Å². The molecule has 7 heteroatoms. The van der Waals surface area contributed by atoms with Crippen LogP contribution >= 0.6 is 0 Å². The van der Waals surface area contributed by atoms with Crippen LogP contribution in [-0.2, 0) is 6.18 Å². The maximum atomic E-state index is 12.8. The van der Waals surface area contributed by atoms with E-state index in [0.717, 1.165) is 38.1 Å². The Hall–Kier alpha value is -1.63. The normalized spacial score (nSPS) is 23.6. The van der Waals surface area contributed by atoms with Crippen LogP contribution in [0.3, 0.4) is 0 Å². The molecule has 2 unspecified atom stereocenters. The maximum Gasteiger partial charge on any atom is 0.417 e. The highest BCUT2D eigenvalue weighted by atomic mass is 19.4. The number of rotatable bonds is 2. The molecule has 0 spiro atoms. The lowest BCUT2D eigenvalue weighted by Crippen LogP contribution is -2.32. The Kier molecular flexibility index (Phi) is 3.61. The SMILES string of the molecule is CCC1CCNC(c2nnc3ccc(C(F)(F)F)cn23)C1. The summed E-state index contributed by atoms with van der Waals surface area (Å²) in [5.74, 6) is 1.14. The van der Waals surface area contributed by atoms with Crippen molar-refractivity contribution >= 4 is 5.65 Å². The van der Waals surface area contributed by atoms with Crippen LogP contribution in [0.25, 0.3) is 5.65 Å². The molecule has 0 aromatic carbocycles. The Balaban J connectivity index is 1.98. The average Bonchev–Trinajstić information content (AvgIpc) is 2.89. The lowest BCUT2D eigenvalue weighted by atomic mass is 9.90. The van der Waals surface area contributed by atoms with Crippen LogP contribution in [0.2, 0.25) is 0 Å². The van der Waals surface area contributed by atoms with Gasteiger partial charge in [0.1, 0.15) is 0 Å². The van der Waals surface area contributed by atoms with Crippen molar-refractivity contribution in [1.82, 2.24) is 19.9 Å². The van der Waals surface area contributed by atoms with Gasteiger partial charge < -0.3 is 5.32 Å². The van der Waals surface area contributed by atoms with Gasteiger partial charge >= 0.3 is 6.18 Å². The van der Waals surface area contributed by atoms with E-state index in [4.69, 9.17) is 0 Å². The van der Waals surface area contributed by atoms with Gasteiger partial charge in [-0.3, -0.25) is 4.40 Å². The summed E-state index contributed by atoms with van der Waals surface area (Å²) in [5.41, 5.74) is -0.239. The third-order valence-electron chi connectivity index (χ3n) is 4.16. The molecule has 0 aliphatic carbocycles. The van der Waals surface area contributed by atoms with Gasteiger partial charge in [-0.2, -0.15) is 13.2 Å². The second-order valence-corrected chi connectivity index (χ2v) is 5.51. The van der Waals surface area contributed by atoms with Crippen molar-refractivity contribution in [2.24, 2.45) is 5.92 Å². The second kappa shape index (κ2) is 5.29. The predicted molar refractivity (Wildman–Crippen MR) is 71.7 cm³/mol. The van der Waals surface area contributed by atoms with Crippen LogP contribution < -0.4 is 5.32 Å². The first-order chi connectivity index (χ1) is 9.99. The van der Waals surface area contributed by atoms with Gasteiger partial charge in [0.05, 0.1) is 11.6 Å². The first kappa shape index (κ1) is 14.3. The van der Waals surface area contributed by atoms with Gasteiger partial charge in [-0.15, -0.1) is 10.2 Å². The van der Waals surface area contributed by atoms with E-state index in [1.165, 1.54) is 10.5 Å². The van der Waals surface area contributed by atoms with Crippen LogP contribution in [0.4, 0.5) is 13.2 Å². The highest BCUT2D eigenvalue weighted by molar-refractivity contribution is 5.40. The van der Waals surface area contributed by atoms with E-state index in [1.807, 2.05) is 0 Å². The summed E-state index contributed by atoms with van der Waals surface area (Å²) in [6.07, 6.45) is -0.225. The fourth-order valence-corrected chi connectivity index (χ4v) is 2.88. The molecule has 2 atom stereocenters. The van der Waals surface area contributed by atoms with Crippen LogP contribution in [0.15, 0.2) is 18.3 Å². The van der Waals surface area contributed by atoms with Crippen molar-refractivity contribution in [3.63, 3.8) is 0 Å². The molecule has 0 saturated carbocycles. The largest absolute Gasteiger partial charge is 0.417 e. The first-order valence-electron chi connectivity index (χ1n) is 7.14. The first-order valence-corrected chi connectivity index (χ1v) is 7.14. The van der Waals surface area contributed by atoms with E-state index < -0.39 is 11.7 Å². The molecule has 1 aliphatic heterocycles. The molecule has 2 aromatic rings. The minimum atomic E-state index is -4.36. The third-order valence-corrected chi connectivity index (χ3v) is 4.16. The van der Waals surface area contributed by atoms with Crippen molar-refractivity contribution in [2.45, 2.75) is 38.4 Å². The van der Waals surface area contributed by atoms with Crippen molar-refractivity contribution < 1.29 is 13.2 Å². The molecular weight excluding hydrogens is 281 g/mol. The molecule has 3 rings (SSSR count). The highest BCUT2D eigenvalue weighted by Gasteiger charge is 2.32. The van der Waals surface area contributed by atoms with E-state index in [-0.39, 0.29) is 6.04 Å². The molecule has 114 valence electrons. The number of fused-ring (bicyclic) bond motifs is 1. The van der Waals surface area contributed by atoms with Crippen molar-refractivity contribution in [1.29, 1.82) is 0 Å². The molecule has 1 fully saturated rings. The molecule has 3 heterocycles. The summed E-state index contributed by atoms with van der Waals surface area (Å²) in [7, 11) is 0. The number of aromatic nitrogens is 3. The van der Waals surface area contributed by atoms with Crippen LogP contribution in [0.1, 0.15) is 43.6 Å². The number of halogens is 3. The summed E-state index contributed by atoms with van der Waals surface area (Å²) >= 11 is 0. The molecular formula is C14H17F3N4. The van der Waals surface area contributed by atoms with E-state index in [0.29, 0.717) is 17.4 Å². The molecule has 4 nitrogen and oxygen atoms in total. The molecule has 0 bridgehead atoms. The fourth-order valence-electron chi connectivity index (χ4n) is 2.88. The Morgan fingerprint density at radius 3 is 2.86 bits per heavy atom. The third kappa shape index (κ3) is 2.74. The van der Waals surface area contributed by atoms with Gasteiger partial charge in [0.15, 0.2) is 11.5 Å². The Morgan fingerprint density at radius 2 is 2.14 bits per heavy atom. The van der Waals surface area contributed by atoms with Crippen LogP contribution in [-0.4, -0.2) is 21.1 Å². The zero-order valence-corrected chi connectivity index (χ0v) is 11.7. The standard InChI is InChI=1S/C14H17F3N4/c1-2-9-5-6-18-11(7-9)13-20-19-12-4-3-10(8-21(12)13)14(15,16)17/h3-4,8-9,11,18H,2,5-7H2,1H3.